The quantitative estimate of drug-likeness (QED) is 0.391. The van der Waals surface area contributed by atoms with Crippen LogP contribution in [0.15, 0.2) is 66.7 Å². The molecule has 0 aliphatic rings. The maximum atomic E-state index is 13.5. The van der Waals surface area contributed by atoms with Crippen molar-refractivity contribution in [2.24, 2.45) is 0 Å². The lowest BCUT2D eigenvalue weighted by Gasteiger charge is -2.31. The Morgan fingerprint density at radius 1 is 0.939 bits per heavy atom. The van der Waals surface area contributed by atoms with Gasteiger partial charge in [-0.1, -0.05) is 80.0 Å². The Balaban J connectivity index is 1.82. The largest absolute Gasteiger partial charge is 0.352 e. The monoisotopic (exact) mass is 464 g/mol. The SMILES string of the molecule is CC[C@@H](C)NC(=O)[C@@H](CC)N(Cc1ccc(Cl)cc1)C(=O)CCc1cccc2ccccc12. The van der Waals surface area contributed by atoms with Crippen molar-refractivity contribution in [3.05, 3.63) is 82.9 Å². The lowest BCUT2D eigenvalue weighted by atomic mass is 10.00. The minimum atomic E-state index is -0.519. The van der Waals surface area contributed by atoms with Gasteiger partial charge in [-0.3, -0.25) is 9.59 Å². The van der Waals surface area contributed by atoms with Gasteiger partial charge < -0.3 is 10.2 Å². The first-order chi connectivity index (χ1) is 15.9. The van der Waals surface area contributed by atoms with Gasteiger partial charge in [-0.05, 0) is 60.2 Å². The molecule has 0 aliphatic carbocycles. The van der Waals surface area contributed by atoms with Crippen LogP contribution in [0.2, 0.25) is 5.02 Å². The van der Waals surface area contributed by atoms with E-state index >= 15 is 0 Å². The molecule has 0 heterocycles. The molecule has 2 amide bonds. The van der Waals surface area contributed by atoms with Crippen molar-refractivity contribution in [1.82, 2.24) is 10.2 Å². The molecule has 0 spiro atoms. The van der Waals surface area contributed by atoms with Gasteiger partial charge in [0.15, 0.2) is 0 Å². The number of nitrogens with zero attached hydrogens (tertiary/aromatic N) is 1. The van der Waals surface area contributed by atoms with E-state index in [4.69, 9.17) is 11.6 Å². The lowest BCUT2D eigenvalue weighted by Crippen LogP contribution is -2.50. The highest BCUT2D eigenvalue weighted by atomic mass is 35.5. The number of rotatable bonds is 10. The van der Waals surface area contributed by atoms with Crippen molar-refractivity contribution in [3.8, 4) is 0 Å². The number of halogens is 1. The predicted octanol–water partition coefficient (Wildman–Crippen LogP) is 6.15. The molecule has 0 fully saturated rings. The molecule has 174 valence electrons. The van der Waals surface area contributed by atoms with Crippen LogP contribution in [0.3, 0.4) is 0 Å². The van der Waals surface area contributed by atoms with Gasteiger partial charge in [0.25, 0.3) is 0 Å². The summed E-state index contributed by atoms with van der Waals surface area (Å²) in [5, 5.41) is 6.03. The molecule has 0 radical (unpaired) electrons. The minimum absolute atomic E-state index is 0.0240. The first kappa shape index (κ1) is 24.8. The van der Waals surface area contributed by atoms with Gasteiger partial charge in [0.2, 0.25) is 11.8 Å². The van der Waals surface area contributed by atoms with Crippen LogP contribution in [0.4, 0.5) is 0 Å². The summed E-state index contributed by atoms with van der Waals surface area (Å²) < 4.78 is 0. The maximum absolute atomic E-state index is 13.5. The number of aryl methyl sites for hydroxylation is 1. The fraction of sp³-hybridized carbons (Fsp3) is 0.357. The molecule has 0 aliphatic heterocycles. The molecule has 5 heteroatoms. The Morgan fingerprint density at radius 2 is 1.64 bits per heavy atom. The van der Waals surface area contributed by atoms with Crippen LogP contribution < -0.4 is 5.32 Å². The van der Waals surface area contributed by atoms with Crippen LogP contribution in [0.25, 0.3) is 10.8 Å². The van der Waals surface area contributed by atoms with Crippen LogP contribution in [-0.4, -0.2) is 28.8 Å². The van der Waals surface area contributed by atoms with Crippen molar-refractivity contribution >= 4 is 34.2 Å². The fourth-order valence-electron chi connectivity index (χ4n) is 4.04. The Kier molecular flexibility index (Phi) is 8.90. The summed E-state index contributed by atoms with van der Waals surface area (Å²) in [6.45, 7) is 6.34. The molecule has 0 saturated heterocycles. The number of amides is 2. The molecular weight excluding hydrogens is 432 g/mol. The van der Waals surface area contributed by atoms with Gasteiger partial charge in [-0.15, -0.1) is 0 Å². The zero-order valence-electron chi connectivity index (χ0n) is 19.7. The Labute approximate surface area is 201 Å². The average molecular weight is 465 g/mol. The van der Waals surface area contributed by atoms with Gasteiger partial charge in [-0.2, -0.15) is 0 Å². The second-order valence-electron chi connectivity index (χ2n) is 8.53. The van der Waals surface area contributed by atoms with Crippen molar-refractivity contribution in [2.45, 2.75) is 65.1 Å². The molecule has 3 rings (SSSR count). The Hall–Kier alpha value is -2.85. The van der Waals surface area contributed by atoms with E-state index in [1.807, 2.05) is 63.2 Å². The molecule has 0 unspecified atom stereocenters. The molecule has 2 atom stereocenters. The van der Waals surface area contributed by atoms with E-state index in [9.17, 15) is 9.59 Å². The zero-order chi connectivity index (χ0) is 23.8. The Bertz CT molecular complexity index is 1080. The summed E-state index contributed by atoms with van der Waals surface area (Å²) in [5.74, 6) is -0.122. The molecule has 1 N–H and O–H groups in total. The second kappa shape index (κ2) is 11.9. The van der Waals surface area contributed by atoms with E-state index in [0.717, 1.165) is 17.5 Å². The van der Waals surface area contributed by atoms with Crippen molar-refractivity contribution in [3.63, 3.8) is 0 Å². The normalized spacial score (nSPS) is 12.8. The topological polar surface area (TPSA) is 49.4 Å². The first-order valence-electron chi connectivity index (χ1n) is 11.7. The summed E-state index contributed by atoms with van der Waals surface area (Å²) in [5.41, 5.74) is 2.10. The van der Waals surface area contributed by atoms with Crippen LogP contribution >= 0.6 is 11.6 Å². The third kappa shape index (κ3) is 6.58. The summed E-state index contributed by atoms with van der Waals surface area (Å²) in [7, 11) is 0. The molecule has 3 aromatic carbocycles. The van der Waals surface area contributed by atoms with Gasteiger partial charge in [0.1, 0.15) is 6.04 Å². The van der Waals surface area contributed by atoms with E-state index in [0.29, 0.717) is 30.8 Å². The van der Waals surface area contributed by atoms with Gasteiger partial charge >= 0.3 is 0 Å². The van der Waals surface area contributed by atoms with E-state index in [1.165, 1.54) is 10.8 Å². The van der Waals surface area contributed by atoms with E-state index < -0.39 is 6.04 Å². The first-order valence-corrected chi connectivity index (χ1v) is 12.1. The van der Waals surface area contributed by atoms with E-state index in [-0.39, 0.29) is 17.9 Å². The lowest BCUT2D eigenvalue weighted by molar-refractivity contribution is -0.141. The molecular formula is C28H33ClN2O2. The Morgan fingerprint density at radius 3 is 2.33 bits per heavy atom. The fourth-order valence-corrected chi connectivity index (χ4v) is 4.17. The standard InChI is InChI=1S/C28H33ClN2O2/c1-4-20(3)30-28(33)26(5-2)31(19-21-13-16-24(29)17-14-21)27(32)18-15-23-11-8-10-22-9-6-7-12-25(22)23/h6-14,16-17,20,26H,4-5,15,18-19H2,1-3H3,(H,30,33)/t20-,26-/m1/s1. The number of carbonyl (C=O) groups excluding carboxylic acids is 2. The van der Waals surface area contributed by atoms with Crippen LogP contribution in [0, 0.1) is 0 Å². The maximum Gasteiger partial charge on any atom is 0.243 e. The van der Waals surface area contributed by atoms with E-state index in [2.05, 4.69) is 29.6 Å². The predicted molar refractivity (Wildman–Crippen MR) is 136 cm³/mol. The van der Waals surface area contributed by atoms with Gasteiger partial charge in [-0.25, -0.2) is 0 Å². The molecule has 4 nitrogen and oxygen atoms in total. The molecule has 0 aromatic heterocycles. The van der Waals surface area contributed by atoms with E-state index in [1.54, 1.807) is 4.90 Å². The summed E-state index contributed by atoms with van der Waals surface area (Å²) in [6, 6.07) is 21.4. The number of carbonyl (C=O) groups is 2. The van der Waals surface area contributed by atoms with Crippen LogP contribution in [0.5, 0.6) is 0 Å². The number of hydrogen-bond acceptors (Lipinski definition) is 2. The third-order valence-electron chi connectivity index (χ3n) is 6.14. The van der Waals surface area contributed by atoms with Crippen molar-refractivity contribution in [2.75, 3.05) is 0 Å². The van der Waals surface area contributed by atoms with Crippen molar-refractivity contribution < 1.29 is 9.59 Å². The highest BCUT2D eigenvalue weighted by Crippen LogP contribution is 2.21. The summed E-state index contributed by atoms with van der Waals surface area (Å²) in [4.78, 5) is 28.3. The summed E-state index contributed by atoms with van der Waals surface area (Å²) in [6.07, 6.45) is 2.36. The minimum Gasteiger partial charge on any atom is -0.352 e. The van der Waals surface area contributed by atoms with Gasteiger partial charge in [0.05, 0.1) is 0 Å². The van der Waals surface area contributed by atoms with Gasteiger partial charge in [0, 0.05) is 24.0 Å². The average Bonchev–Trinajstić information content (AvgIpc) is 2.83. The number of hydrogen-bond donors (Lipinski definition) is 1. The van der Waals surface area contributed by atoms with Crippen molar-refractivity contribution in [1.29, 1.82) is 0 Å². The number of benzene rings is 3. The molecule has 3 aromatic rings. The second-order valence-corrected chi connectivity index (χ2v) is 8.96. The van der Waals surface area contributed by atoms with Crippen LogP contribution in [-0.2, 0) is 22.6 Å². The highest BCUT2D eigenvalue weighted by Gasteiger charge is 2.29. The molecule has 33 heavy (non-hydrogen) atoms. The summed E-state index contributed by atoms with van der Waals surface area (Å²) >= 11 is 6.04. The molecule has 0 bridgehead atoms. The smallest absolute Gasteiger partial charge is 0.243 e. The zero-order valence-corrected chi connectivity index (χ0v) is 20.4. The highest BCUT2D eigenvalue weighted by molar-refractivity contribution is 6.30. The number of nitrogens with one attached hydrogen (secondary N) is 1. The molecule has 0 saturated carbocycles. The van der Waals surface area contributed by atoms with Crippen LogP contribution in [0.1, 0.15) is 51.2 Å². The number of fused-ring (bicyclic) bond motifs is 1. The third-order valence-corrected chi connectivity index (χ3v) is 6.39.